The van der Waals surface area contributed by atoms with Crippen LogP contribution in [0.25, 0.3) is 28.0 Å². The molecule has 4 aromatic heterocycles. The maximum absolute atomic E-state index is 12.7. The van der Waals surface area contributed by atoms with E-state index in [1.54, 1.807) is 18.6 Å². The molecule has 0 aliphatic rings. The Morgan fingerprint density at radius 3 is 2.76 bits per heavy atom. The number of pyridine rings is 1. The number of nitrogens with one attached hydrogen (secondary N) is 2. The fourth-order valence-corrected chi connectivity index (χ4v) is 3.58. The highest BCUT2D eigenvalue weighted by atomic mass is 16.5. The van der Waals surface area contributed by atoms with Crippen molar-refractivity contribution in [3.8, 4) is 16.9 Å². The van der Waals surface area contributed by atoms with Gasteiger partial charge in [0.2, 0.25) is 0 Å². The van der Waals surface area contributed by atoms with E-state index >= 15 is 0 Å². The Kier molecular flexibility index (Phi) is 4.85. The topological polar surface area (TPSA) is 102 Å². The minimum Gasteiger partial charge on any atom is -0.360 e. The molecule has 0 spiro atoms. The lowest BCUT2D eigenvalue weighted by Gasteiger charge is -2.12. The van der Waals surface area contributed by atoms with E-state index in [-0.39, 0.29) is 17.0 Å². The summed E-state index contributed by atoms with van der Waals surface area (Å²) in [6, 6.07) is 11.5. The maximum Gasteiger partial charge on any atom is 0.277 e. The van der Waals surface area contributed by atoms with Crippen LogP contribution in [-0.2, 0) is 5.41 Å². The lowest BCUT2D eigenvalue weighted by atomic mass is 9.93. The van der Waals surface area contributed by atoms with Crippen molar-refractivity contribution < 1.29 is 9.32 Å². The molecule has 8 nitrogen and oxygen atoms in total. The van der Waals surface area contributed by atoms with Crippen LogP contribution in [0.5, 0.6) is 0 Å². The first-order chi connectivity index (χ1) is 15.8. The minimum atomic E-state index is -0.318. The van der Waals surface area contributed by atoms with Crippen LogP contribution in [0, 0.1) is 6.92 Å². The SMILES string of the molecule is Cc1ccc(NC(=O)c2cc(C(C)(C)C)on2)cc1-n1cnc(-c2cnc3[nH]ccc3c2)c1. The van der Waals surface area contributed by atoms with Crippen molar-refractivity contribution >= 4 is 22.6 Å². The number of aromatic nitrogens is 5. The lowest BCUT2D eigenvalue weighted by molar-refractivity contribution is 0.101. The summed E-state index contributed by atoms with van der Waals surface area (Å²) in [5.41, 5.74) is 5.25. The third-order valence-electron chi connectivity index (χ3n) is 5.51. The summed E-state index contributed by atoms with van der Waals surface area (Å²) in [6.45, 7) is 8.04. The van der Waals surface area contributed by atoms with E-state index in [1.165, 1.54) is 0 Å². The highest BCUT2D eigenvalue weighted by Gasteiger charge is 2.22. The lowest BCUT2D eigenvalue weighted by Crippen LogP contribution is -2.13. The van der Waals surface area contributed by atoms with Gasteiger partial charge in [-0.3, -0.25) is 4.79 Å². The number of nitrogens with zero attached hydrogens (tertiary/aromatic N) is 4. The second kappa shape index (κ2) is 7.74. The molecule has 4 heterocycles. The Labute approximate surface area is 190 Å². The van der Waals surface area contributed by atoms with Gasteiger partial charge in [-0.15, -0.1) is 0 Å². The first-order valence-corrected chi connectivity index (χ1v) is 10.6. The fraction of sp³-hybridized carbons (Fsp3) is 0.200. The van der Waals surface area contributed by atoms with Crippen LogP contribution in [0.3, 0.4) is 0 Å². The zero-order valence-electron chi connectivity index (χ0n) is 18.9. The Hall–Kier alpha value is -4.20. The molecule has 0 bridgehead atoms. The van der Waals surface area contributed by atoms with E-state index in [0.717, 1.165) is 33.5 Å². The van der Waals surface area contributed by atoms with Crippen LogP contribution in [0.15, 0.2) is 65.8 Å². The summed E-state index contributed by atoms with van der Waals surface area (Å²) in [6.07, 6.45) is 7.39. The molecule has 0 atom stereocenters. The van der Waals surface area contributed by atoms with Crippen LogP contribution < -0.4 is 5.32 Å². The van der Waals surface area contributed by atoms with Gasteiger partial charge in [-0.25, -0.2) is 9.97 Å². The normalized spacial score (nSPS) is 11.8. The molecule has 5 aromatic rings. The number of aryl methyl sites for hydroxylation is 1. The molecular formula is C25H24N6O2. The van der Waals surface area contributed by atoms with Gasteiger partial charge < -0.3 is 19.4 Å². The molecule has 0 fully saturated rings. The van der Waals surface area contributed by atoms with E-state index in [1.807, 2.05) is 68.9 Å². The zero-order valence-corrected chi connectivity index (χ0v) is 18.9. The highest BCUT2D eigenvalue weighted by Crippen LogP contribution is 2.26. The number of H-pyrrole nitrogens is 1. The maximum atomic E-state index is 12.7. The van der Waals surface area contributed by atoms with Crippen molar-refractivity contribution in [2.45, 2.75) is 33.1 Å². The molecule has 2 N–H and O–H groups in total. The summed E-state index contributed by atoms with van der Waals surface area (Å²) in [5.74, 6) is 0.344. The van der Waals surface area contributed by atoms with Crippen molar-refractivity contribution in [1.82, 2.24) is 24.7 Å². The van der Waals surface area contributed by atoms with Crippen LogP contribution in [0.2, 0.25) is 0 Å². The van der Waals surface area contributed by atoms with Gasteiger partial charge >= 0.3 is 0 Å². The van der Waals surface area contributed by atoms with Gasteiger partial charge in [-0.2, -0.15) is 0 Å². The summed E-state index contributed by atoms with van der Waals surface area (Å²) < 4.78 is 7.28. The van der Waals surface area contributed by atoms with Gasteiger partial charge in [-0.05, 0) is 36.8 Å². The van der Waals surface area contributed by atoms with E-state index < -0.39 is 0 Å². The Balaban J connectivity index is 1.40. The standard InChI is InChI=1S/C25H24N6O2/c1-15-5-6-18(29-24(32)19-11-22(33-30-19)25(2,3)4)10-21(15)31-13-20(28-14-31)17-9-16-7-8-26-23(16)27-12-17/h5-14H,1-4H3,(H,26,27)(H,29,32). The third-order valence-corrected chi connectivity index (χ3v) is 5.51. The Bertz CT molecular complexity index is 1470. The second-order valence-electron chi connectivity index (χ2n) is 9.09. The number of rotatable bonds is 4. The first-order valence-electron chi connectivity index (χ1n) is 10.6. The number of benzene rings is 1. The smallest absolute Gasteiger partial charge is 0.277 e. The molecule has 8 heteroatoms. The van der Waals surface area contributed by atoms with Gasteiger partial charge in [0.1, 0.15) is 11.4 Å². The number of amides is 1. The van der Waals surface area contributed by atoms with E-state index in [4.69, 9.17) is 4.52 Å². The van der Waals surface area contributed by atoms with Crippen molar-refractivity contribution in [2.75, 3.05) is 5.32 Å². The predicted octanol–water partition coefficient (Wildman–Crippen LogP) is 5.26. The van der Waals surface area contributed by atoms with Crippen molar-refractivity contribution in [3.63, 3.8) is 0 Å². The number of imidazole rings is 1. The number of anilines is 1. The van der Waals surface area contributed by atoms with Gasteiger partial charge in [0.15, 0.2) is 5.69 Å². The molecule has 0 saturated heterocycles. The van der Waals surface area contributed by atoms with Gasteiger partial charge in [-0.1, -0.05) is 32.0 Å². The van der Waals surface area contributed by atoms with Crippen molar-refractivity contribution in [1.29, 1.82) is 0 Å². The average Bonchev–Trinajstić information content (AvgIpc) is 3.53. The van der Waals surface area contributed by atoms with Crippen LogP contribution in [0.4, 0.5) is 5.69 Å². The summed E-state index contributed by atoms with van der Waals surface area (Å²) in [4.78, 5) is 24.8. The number of hydrogen-bond acceptors (Lipinski definition) is 5. The number of carbonyl (C=O) groups is 1. The summed E-state index contributed by atoms with van der Waals surface area (Å²) in [5, 5.41) is 7.86. The Morgan fingerprint density at radius 2 is 1.97 bits per heavy atom. The molecule has 5 rings (SSSR count). The molecule has 166 valence electrons. The molecule has 1 amide bonds. The largest absolute Gasteiger partial charge is 0.360 e. The molecule has 0 aliphatic heterocycles. The van der Waals surface area contributed by atoms with E-state index in [0.29, 0.717) is 11.4 Å². The first kappa shape index (κ1) is 20.7. The highest BCUT2D eigenvalue weighted by molar-refractivity contribution is 6.03. The van der Waals surface area contributed by atoms with Crippen LogP contribution >= 0.6 is 0 Å². The minimum absolute atomic E-state index is 0.219. The Morgan fingerprint density at radius 1 is 1.12 bits per heavy atom. The number of hydrogen-bond donors (Lipinski definition) is 2. The van der Waals surface area contributed by atoms with Crippen molar-refractivity contribution in [2.24, 2.45) is 0 Å². The zero-order chi connectivity index (χ0) is 23.2. The van der Waals surface area contributed by atoms with E-state index in [2.05, 4.69) is 31.5 Å². The second-order valence-corrected chi connectivity index (χ2v) is 9.09. The average molecular weight is 441 g/mol. The molecule has 0 unspecified atom stereocenters. The molecule has 1 aromatic carbocycles. The van der Waals surface area contributed by atoms with E-state index in [9.17, 15) is 4.79 Å². The fourth-order valence-electron chi connectivity index (χ4n) is 3.58. The number of carbonyl (C=O) groups excluding carboxylic acids is 1. The van der Waals surface area contributed by atoms with Crippen LogP contribution in [0.1, 0.15) is 42.6 Å². The van der Waals surface area contributed by atoms with Gasteiger partial charge in [0, 0.05) is 46.7 Å². The van der Waals surface area contributed by atoms with Gasteiger partial charge in [0.25, 0.3) is 5.91 Å². The number of fused-ring (bicyclic) bond motifs is 1. The monoisotopic (exact) mass is 440 g/mol. The molecule has 0 radical (unpaired) electrons. The van der Waals surface area contributed by atoms with Gasteiger partial charge in [0.05, 0.1) is 17.7 Å². The molecule has 0 saturated carbocycles. The molecular weight excluding hydrogens is 416 g/mol. The third kappa shape index (κ3) is 4.03. The predicted molar refractivity (Wildman–Crippen MR) is 127 cm³/mol. The van der Waals surface area contributed by atoms with Crippen molar-refractivity contribution in [3.05, 3.63) is 78.3 Å². The van der Waals surface area contributed by atoms with Crippen LogP contribution in [-0.4, -0.2) is 30.6 Å². The molecule has 33 heavy (non-hydrogen) atoms. The quantitative estimate of drug-likeness (QED) is 0.397. The summed E-state index contributed by atoms with van der Waals surface area (Å²) in [7, 11) is 0. The number of aromatic amines is 1. The summed E-state index contributed by atoms with van der Waals surface area (Å²) >= 11 is 0. The molecule has 0 aliphatic carbocycles.